The number of quaternary nitrogens is 1. The number of carbonyl (C=O) groups is 1. The number of benzene rings is 2. The van der Waals surface area contributed by atoms with E-state index in [4.69, 9.17) is 11.6 Å². The summed E-state index contributed by atoms with van der Waals surface area (Å²) in [7, 11) is 0. The molecule has 0 fully saturated rings. The Morgan fingerprint density at radius 2 is 1.91 bits per heavy atom. The van der Waals surface area contributed by atoms with Gasteiger partial charge in [0.15, 0.2) is 6.54 Å². The Morgan fingerprint density at radius 3 is 2.64 bits per heavy atom. The normalized spacial score (nSPS) is 12.0. The van der Waals surface area contributed by atoms with Crippen molar-refractivity contribution in [1.29, 1.82) is 0 Å². The number of halogens is 1. The van der Waals surface area contributed by atoms with Gasteiger partial charge in [-0.15, -0.1) is 0 Å². The monoisotopic (exact) mass is 317 g/mol. The molecule has 2 aromatic rings. The predicted octanol–water partition coefficient (Wildman–Crippen LogP) is 3.22. The van der Waals surface area contributed by atoms with Crippen LogP contribution in [0.15, 0.2) is 42.5 Å². The highest BCUT2D eigenvalue weighted by Crippen LogP contribution is 2.20. The highest BCUT2D eigenvalue weighted by atomic mass is 35.5. The van der Waals surface area contributed by atoms with Crippen molar-refractivity contribution < 1.29 is 10.1 Å². The molecule has 0 aliphatic carbocycles. The first kappa shape index (κ1) is 16.5. The van der Waals surface area contributed by atoms with Gasteiger partial charge in [-0.25, -0.2) is 0 Å². The average molecular weight is 318 g/mol. The van der Waals surface area contributed by atoms with Crippen molar-refractivity contribution in [3.63, 3.8) is 0 Å². The summed E-state index contributed by atoms with van der Waals surface area (Å²) in [5.41, 5.74) is 4.20. The lowest BCUT2D eigenvalue weighted by atomic mass is 10.1. The lowest BCUT2D eigenvalue weighted by molar-refractivity contribution is -0.682. The van der Waals surface area contributed by atoms with Crippen LogP contribution in [0.4, 0.5) is 5.69 Å². The van der Waals surface area contributed by atoms with E-state index in [2.05, 4.69) is 5.32 Å². The van der Waals surface area contributed by atoms with Gasteiger partial charge in [-0.2, -0.15) is 0 Å². The van der Waals surface area contributed by atoms with Gasteiger partial charge in [0, 0.05) is 16.3 Å². The Hall–Kier alpha value is -1.84. The topological polar surface area (TPSA) is 45.7 Å². The number of hydrogen-bond acceptors (Lipinski definition) is 1. The van der Waals surface area contributed by atoms with E-state index >= 15 is 0 Å². The third-order valence-electron chi connectivity index (χ3n) is 3.93. The molecule has 3 nitrogen and oxygen atoms in total. The molecule has 0 aliphatic heterocycles. The summed E-state index contributed by atoms with van der Waals surface area (Å²) in [6.45, 7) is 6.46. The lowest BCUT2D eigenvalue weighted by Gasteiger charge is -2.13. The molecule has 1 atom stereocenters. The van der Waals surface area contributed by atoms with Gasteiger partial charge < -0.3 is 10.6 Å². The molecule has 22 heavy (non-hydrogen) atoms. The SMILES string of the molecule is Cc1cccc(NC(=O)C[NH2+][C@@H](C)c2ccccc2Cl)c1C. The minimum atomic E-state index is -0.00685. The standard InChI is InChI=1S/C18H21ClN2O/c1-12-7-6-10-17(13(12)2)21-18(22)11-20-14(3)15-8-4-5-9-16(15)19/h4-10,14,20H,11H2,1-3H3,(H,21,22)/p+1/t14-/m0/s1. The van der Waals surface area contributed by atoms with Gasteiger partial charge in [0.05, 0.1) is 0 Å². The fraction of sp³-hybridized carbons (Fsp3) is 0.278. The fourth-order valence-electron chi connectivity index (χ4n) is 2.34. The summed E-state index contributed by atoms with van der Waals surface area (Å²) in [5, 5.41) is 5.69. The molecule has 0 aromatic heterocycles. The van der Waals surface area contributed by atoms with Crippen molar-refractivity contribution in [2.45, 2.75) is 26.8 Å². The number of anilines is 1. The molecule has 0 unspecified atom stereocenters. The van der Waals surface area contributed by atoms with Gasteiger partial charge in [-0.3, -0.25) is 4.79 Å². The molecule has 0 bridgehead atoms. The zero-order chi connectivity index (χ0) is 16.1. The molecule has 2 rings (SSSR count). The first-order valence-corrected chi connectivity index (χ1v) is 7.80. The van der Waals surface area contributed by atoms with Gasteiger partial charge in [-0.1, -0.05) is 41.9 Å². The Labute approximate surface area is 136 Å². The van der Waals surface area contributed by atoms with Gasteiger partial charge >= 0.3 is 0 Å². The van der Waals surface area contributed by atoms with Crippen LogP contribution in [0.5, 0.6) is 0 Å². The maximum Gasteiger partial charge on any atom is 0.279 e. The molecule has 116 valence electrons. The lowest BCUT2D eigenvalue weighted by Crippen LogP contribution is -2.86. The van der Waals surface area contributed by atoms with Gasteiger partial charge in [0.2, 0.25) is 0 Å². The molecule has 4 heteroatoms. The van der Waals surface area contributed by atoms with Crippen molar-refractivity contribution in [1.82, 2.24) is 0 Å². The number of amides is 1. The summed E-state index contributed by atoms with van der Waals surface area (Å²) >= 11 is 6.18. The van der Waals surface area contributed by atoms with E-state index in [-0.39, 0.29) is 11.9 Å². The van der Waals surface area contributed by atoms with Crippen molar-refractivity contribution in [3.8, 4) is 0 Å². The zero-order valence-electron chi connectivity index (χ0n) is 13.2. The van der Waals surface area contributed by atoms with Crippen LogP contribution in [0.3, 0.4) is 0 Å². The highest BCUT2D eigenvalue weighted by molar-refractivity contribution is 6.31. The number of nitrogens with two attached hydrogens (primary N) is 1. The van der Waals surface area contributed by atoms with Gasteiger partial charge in [-0.05, 0) is 44.0 Å². The number of rotatable bonds is 5. The van der Waals surface area contributed by atoms with Crippen LogP contribution in [0.1, 0.15) is 29.7 Å². The molecule has 0 saturated heterocycles. The summed E-state index contributed by atoms with van der Waals surface area (Å²) in [6, 6.07) is 13.8. The first-order valence-electron chi connectivity index (χ1n) is 7.43. The van der Waals surface area contributed by atoms with Crippen LogP contribution in [0.25, 0.3) is 0 Å². The summed E-state index contributed by atoms with van der Waals surface area (Å²) in [4.78, 5) is 12.1. The third-order valence-corrected chi connectivity index (χ3v) is 4.28. The van der Waals surface area contributed by atoms with Crippen molar-refractivity contribution >= 4 is 23.2 Å². The van der Waals surface area contributed by atoms with Crippen molar-refractivity contribution in [2.24, 2.45) is 0 Å². The molecular formula is C18H22ClN2O+. The number of aryl methyl sites for hydroxylation is 1. The fourth-order valence-corrected chi connectivity index (χ4v) is 2.65. The van der Waals surface area contributed by atoms with Gasteiger partial charge in [0.25, 0.3) is 5.91 Å². The van der Waals surface area contributed by atoms with Crippen LogP contribution < -0.4 is 10.6 Å². The van der Waals surface area contributed by atoms with Crippen molar-refractivity contribution in [2.75, 3.05) is 11.9 Å². The van der Waals surface area contributed by atoms with E-state index in [0.29, 0.717) is 6.54 Å². The third kappa shape index (κ3) is 4.09. The second-order valence-corrected chi connectivity index (χ2v) is 5.95. The average Bonchev–Trinajstić information content (AvgIpc) is 2.50. The van der Waals surface area contributed by atoms with Crippen LogP contribution >= 0.6 is 11.6 Å². The molecule has 0 radical (unpaired) electrons. The molecule has 0 saturated carbocycles. The second kappa shape index (κ2) is 7.43. The Balaban J connectivity index is 1.93. The Bertz CT molecular complexity index is 670. The quantitative estimate of drug-likeness (QED) is 0.874. The maximum atomic E-state index is 12.1. The van der Waals surface area contributed by atoms with Crippen LogP contribution in [-0.4, -0.2) is 12.5 Å². The highest BCUT2D eigenvalue weighted by Gasteiger charge is 2.14. The van der Waals surface area contributed by atoms with Crippen LogP contribution in [0.2, 0.25) is 5.02 Å². The molecule has 0 heterocycles. The van der Waals surface area contributed by atoms with E-state index in [0.717, 1.165) is 21.8 Å². The Morgan fingerprint density at radius 1 is 1.18 bits per heavy atom. The molecular weight excluding hydrogens is 296 g/mol. The van der Waals surface area contributed by atoms with E-state index < -0.39 is 0 Å². The number of carbonyl (C=O) groups excluding carboxylic acids is 1. The number of hydrogen-bond donors (Lipinski definition) is 2. The van der Waals surface area contributed by atoms with Crippen LogP contribution in [0, 0.1) is 13.8 Å². The molecule has 0 aliphatic rings. The van der Waals surface area contributed by atoms with E-state index in [1.807, 2.05) is 68.6 Å². The molecule has 2 aromatic carbocycles. The summed E-state index contributed by atoms with van der Waals surface area (Å²) in [5.74, 6) is -0.00685. The maximum absolute atomic E-state index is 12.1. The van der Waals surface area contributed by atoms with Crippen LogP contribution in [-0.2, 0) is 4.79 Å². The predicted molar refractivity (Wildman–Crippen MR) is 91.2 cm³/mol. The first-order chi connectivity index (χ1) is 10.5. The largest absolute Gasteiger partial charge is 0.332 e. The van der Waals surface area contributed by atoms with E-state index in [1.54, 1.807) is 0 Å². The van der Waals surface area contributed by atoms with E-state index in [1.165, 1.54) is 5.56 Å². The van der Waals surface area contributed by atoms with Gasteiger partial charge in [0.1, 0.15) is 6.04 Å². The van der Waals surface area contributed by atoms with Crippen molar-refractivity contribution in [3.05, 3.63) is 64.2 Å². The molecule has 3 N–H and O–H groups in total. The minimum absolute atomic E-state index is 0.00685. The zero-order valence-corrected chi connectivity index (χ0v) is 13.9. The summed E-state index contributed by atoms with van der Waals surface area (Å²) in [6.07, 6.45) is 0. The molecule has 1 amide bonds. The Kier molecular flexibility index (Phi) is 5.58. The molecule has 0 spiro atoms. The van der Waals surface area contributed by atoms with E-state index in [9.17, 15) is 4.79 Å². The smallest absolute Gasteiger partial charge is 0.279 e. The summed E-state index contributed by atoms with van der Waals surface area (Å²) < 4.78 is 0. The minimum Gasteiger partial charge on any atom is -0.332 e. The second-order valence-electron chi connectivity index (χ2n) is 5.55. The number of nitrogens with one attached hydrogen (secondary N) is 1.